The lowest BCUT2D eigenvalue weighted by Crippen LogP contribution is -2.42. The van der Waals surface area contributed by atoms with Crippen LogP contribution in [0.5, 0.6) is 5.75 Å². The molecule has 36 heavy (non-hydrogen) atoms. The van der Waals surface area contributed by atoms with E-state index < -0.39 is 5.97 Å². The van der Waals surface area contributed by atoms with Crippen molar-refractivity contribution >= 4 is 57.4 Å². The van der Waals surface area contributed by atoms with E-state index in [1.54, 1.807) is 43.1 Å². The summed E-state index contributed by atoms with van der Waals surface area (Å²) >= 11 is 9.15. The Balaban J connectivity index is 1.38. The number of thiophene rings is 1. The van der Waals surface area contributed by atoms with Gasteiger partial charge in [-0.1, -0.05) is 22.9 Å². The monoisotopic (exact) mass is 550 g/mol. The summed E-state index contributed by atoms with van der Waals surface area (Å²) in [5.41, 5.74) is 1.11. The largest absolute Gasteiger partial charge is 0.497 e. The standard InChI is InChI=1S/C26H28ClFN2O4S2/c1-34-18-3-4-21-19(13-18)26(20(27)14-29-21)22(31)5-2-16-8-9-30(15-17(16)12-24(32)33)10-11-35-25-7-6-23(28)36-25/h3-4,6-7,13-14,16-17H,2,5,8-12,15H2,1H3,(H,32,33). The van der Waals surface area contributed by atoms with E-state index >= 15 is 0 Å². The number of ether oxygens (including phenoxy) is 1. The number of fused-ring (bicyclic) bond motifs is 1. The third-order valence-corrected chi connectivity index (χ3v) is 9.03. The highest BCUT2D eigenvalue weighted by molar-refractivity contribution is 8.01. The smallest absolute Gasteiger partial charge is 0.303 e. The number of benzene rings is 1. The van der Waals surface area contributed by atoms with E-state index in [1.807, 2.05) is 0 Å². The summed E-state index contributed by atoms with van der Waals surface area (Å²) in [4.78, 5) is 31.5. The van der Waals surface area contributed by atoms with Gasteiger partial charge in [-0.2, -0.15) is 4.39 Å². The van der Waals surface area contributed by atoms with Crippen LogP contribution in [0.3, 0.4) is 0 Å². The van der Waals surface area contributed by atoms with Gasteiger partial charge in [-0.3, -0.25) is 14.6 Å². The molecule has 2 unspecified atom stereocenters. The van der Waals surface area contributed by atoms with Gasteiger partial charge in [0.25, 0.3) is 0 Å². The fourth-order valence-corrected chi connectivity index (χ4v) is 7.00. The number of ketones is 1. The Kier molecular flexibility index (Phi) is 9.22. The number of thioether (sulfide) groups is 1. The van der Waals surface area contributed by atoms with Crippen LogP contribution in [-0.4, -0.2) is 59.2 Å². The Morgan fingerprint density at radius 2 is 2.14 bits per heavy atom. The zero-order chi connectivity index (χ0) is 25.7. The molecule has 2 atom stereocenters. The molecule has 0 spiro atoms. The van der Waals surface area contributed by atoms with Crippen molar-refractivity contribution < 1.29 is 23.8 Å². The topological polar surface area (TPSA) is 79.7 Å². The number of halogens is 2. The van der Waals surface area contributed by atoms with Crippen molar-refractivity contribution in [1.29, 1.82) is 0 Å². The summed E-state index contributed by atoms with van der Waals surface area (Å²) < 4.78 is 19.4. The number of nitrogens with zero attached hydrogens (tertiary/aromatic N) is 2. The fraction of sp³-hybridized carbons (Fsp3) is 0.423. The number of pyridine rings is 1. The van der Waals surface area contributed by atoms with Crippen molar-refractivity contribution in [1.82, 2.24) is 9.88 Å². The number of piperidine rings is 1. The molecule has 2 aromatic heterocycles. The van der Waals surface area contributed by atoms with E-state index in [9.17, 15) is 19.1 Å². The molecule has 1 aliphatic rings. The Labute approximate surface area is 222 Å². The summed E-state index contributed by atoms with van der Waals surface area (Å²) in [6.45, 7) is 2.34. The van der Waals surface area contributed by atoms with Crippen LogP contribution in [0.25, 0.3) is 10.9 Å². The van der Waals surface area contributed by atoms with E-state index in [0.29, 0.717) is 40.2 Å². The van der Waals surface area contributed by atoms with Gasteiger partial charge in [0.05, 0.1) is 21.9 Å². The second-order valence-electron chi connectivity index (χ2n) is 8.94. The number of methoxy groups -OCH3 is 1. The molecule has 3 aromatic rings. The minimum atomic E-state index is -0.822. The van der Waals surface area contributed by atoms with Crippen molar-refractivity contribution in [3.8, 4) is 5.75 Å². The zero-order valence-corrected chi connectivity index (χ0v) is 22.3. The first-order valence-electron chi connectivity index (χ1n) is 11.8. The first-order chi connectivity index (χ1) is 17.3. The first kappa shape index (κ1) is 26.9. The molecule has 1 aromatic carbocycles. The minimum absolute atomic E-state index is 0.0296. The maximum absolute atomic E-state index is 13.3. The number of carbonyl (C=O) groups excluding carboxylic acids is 1. The highest BCUT2D eigenvalue weighted by atomic mass is 35.5. The molecule has 0 saturated carbocycles. The fourth-order valence-electron chi connectivity index (χ4n) is 4.84. The molecular formula is C26H28ClFN2O4S2. The number of carboxylic acids is 1. The number of hydrogen-bond donors (Lipinski definition) is 1. The van der Waals surface area contributed by atoms with E-state index in [0.717, 1.165) is 40.8 Å². The highest BCUT2D eigenvalue weighted by Gasteiger charge is 2.31. The molecule has 6 nitrogen and oxygen atoms in total. The maximum Gasteiger partial charge on any atom is 0.303 e. The molecule has 1 N–H and O–H groups in total. The van der Waals surface area contributed by atoms with Gasteiger partial charge in [0.1, 0.15) is 5.75 Å². The number of hydrogen-bond acceptors (Lipinski definition) is 7. The summed E-state index contributed by atoms with van der Waals surface area (Å²) in [6, 6.07) is 8.62. The van der Waals surface area contributed by atoms with Crippen molar-refractivity contribution in [2.45, 2.75) is 29.9 Å². The molecular weight excluding hydrogens is 523 g/mol. The summed E-state index contributed by atoms with van der Waals surface area (Å²) in [5, 5.41) is 10.3. The lowest BCUT2D eigenvalue weighted by molar-refractivity contribution is -0.139. The molecule has 4 rings (SSSR count). The second-order valence-corrected chi connectivity index (χ2v) is 11.8. The van der Waals surface area contributed by atoms with Crippen LogP contribution in [0.4, 0.5) is 4.39 Å². The molecule has 1 saturated heterocycles. The van der Waals surface area contributed by atoms with Gasteiger partial charge < -0.3 is 14.7 Å². The van der Waals surface area contributed by atoms with Crippen molar-refractivity contribution in [2.24, 2.45) is 11.8 Å². The SMILES string of the molecule is COc1ccc2ncc(Cl)c(C(=O)CCC3CCN(CCSc4ccc(F)s4)CC3CC(=O)O)c2c1. The Bertz CT molecular complexity index is 1240. The van der Waals surface area contributed by atoms with Crippen LogP contribution in [0.2, 0.25) is 5.02 Å². The summed E-state index contributed by atoms with van der Waals surface area (Å²) in [6.07, 6.45) is 3.31. The van der Waals surface area contributed by atoms with E-state index in [4.69, 9.17) is 16.3 Å². The van der Waals surface area contributed by atoms with E-state index in [-0.39, 0.29) is 35.6 Å². The highest BCUT2D eigenvalue weighted by Crippen LogP contribution is 2.34. The first-order valence-corrected chi connectivity index (χ1v) is 14.0. The van der Waals surface area contributed by atoms with Crippen molar-refractivity contribution in [2.75, 3.05) is 32.5 Å². The Morgan fingerprint density at radius 1 is 1.31 bits per heavy atom. The maximum atomic E-state index is 13.3. The van der Waals surface area contributed by atoms with Gasteiger partial charge in [0.2, 0.25) is 0 Å². The normalized spacial score (nSPS) is 18.4. The minimum Gasteiger partial charge on any atom is -0.497 e. The van der Waals surface area contributed by atoms with Crippen LogP contribution in [0, 0.1) is 17.0 Å². The summed E-state index contributed by atoms with van der Waals surface area (Å²) in [5.74, 6) is 0.658. The van der Waals surface area contributed by atoms with Gasteiger partial charge in [0.15, 0.2) is 10.9 Å². The number of likely N-dealkylation sites (tertiary alicyclic amines) is 1. The molecule has 0 radical (unpaired) electrons. The van der Waals surface area contributed by atoms with E-state index in [2.05, 4.69) is 9.88 Å². The number of Topliss-reactive ketones (excluding diaryl/α,β-unsaturated/α-hetero) is 1. The molecule has 1 aliphatic heterocycles. The Morgan fingerprint density at radius 3 is 2.86 bits per heavy atom. The van der Waals surface area contributed by atoms with Gasteiger partial charge in [-0.15, -0.1) is 11.8 Å². The Hall–Kier alpha value is -2.20. The lowest BCUT2D eigenvalue weighted by Gasteiger charge is -2.38. The molecule has 0 aliphatic carbocycles. The molecule has 1 fully saturated rings. The van der Waals surface area contributed by atoms with Crippen LogP contribution in [0.1, 0.15) is 36.0 Å². The van der Waals surface area contributed by atoms with Crippen LogP contribution >= 0.6 is 34.7 Å². The number of aromatic nitrogens is 1. The number of rotatable bonds is 11. The van der Waals surface area contributed by atoms with Gasteiger partial charge >= 0.3 is 5.97 Å². The summed E-state index contributed by atoms with van der Waals surface area (Å²) in [7, 11) is 1.57. The predicted molar refractivity (Wildman–Crippen MR) is 142 cm³/mol. The third kappa shape index (κ3) is 6.76. The second kappa shape index (κ2) is 12.4. The number of carboxylic acid groups (broad SMARTS) is 1. The predicted octanol–water partition coefficient (Wildman–Crippen LogP) is 6.27. The number of aliphatic carboxylic acids is 1. The molecule has 192 valence electrons. The third-order valence-electron chi connectivity index (χ3n) is 6.66. The average Bonchev–Trinajstić information content (AvgIpc) is 3.27. The van der Waals surface area contributed by atoms with Crippen LogP contribution in [-0.2, 0) is 4.79 Å². The number of carbonyl (C=O) groups is 2. The lowest BCUT2D eigenvalue weighted by atomic mass is 9.79. The van der Waals surface area contributed by atoms with Crippen molar-refractivity contribution in [3.05, 3.63) is 52.2 Å². The molecule has 0 bridgehead atoms. The quantitative estimate of drug-likeness (QED) is 0.223. The van der Waals surface area contributed by atoms with Crippen LogP contribution < -0.4 is 4.74 Å². The average molecular weight is 551 g/mol. The zero-order valence-electron chi connectivity index (χ0n) is 19.9. The van der Waals surface area contributed by atoms with E-state index in [1.165, 1.54) is 12.3 Å². The van der Waals surface area contributed by atoms with Crippen molar-refractivity contribution in [3.63, 3.8) is 0 Å². The van der Waals surface area contributed by atoms with Gasteiger partial charge in [-0.25, -0.2) is 0 Å². The van der Waals surface area contributed by atoms with Crippen LogP contribution in [0.15, 0.2) is 40.7 Å². The van der Waals surface area contributed by atoms with Gasteiger partial charge in [0, 0.05) is 48.8 Å². The molecule has 0 amide bonds. The molecule has 10 heteroatoms. The van der Waals surface area contributed by atoms with Gasteiger partial charge in [-0.05, 0) is 61.6 Å². The molecule has 3 heterocycles.